The van der Waals surface area contributed by atoms with Crippen LogP contribution in [0.15, 0.2) is 30.3 Å². The Kier molecular flexibility index (Phi) is 2.91. The molecule has 0 unspecified atom stereocenters. The standard InChI is InChI=1S/C17H21N3O/c1-21-14-6-2-5-13(11-14)17(7-3-8-17)15-12-16-18-9-4-10-20(16)19-15/h2,5-6,11-12,18H,3-4,7-10H2,1H3. The van der Waals surface area contributed by atoms with Crippen LogP contribution < -0.4 is 10.1 Å². The fourth-order valence-corrected chi connectivity index (χ4v) is 3.55. The van der Waals surface area contributed by atoms with Crippen molar-refractivity contribution in [2.45, 2.75) is 37.6 Å². The zero-order chi connectivity index (χ0) is 14.3. The lowest BCUT2D eigenvalue weighted by Gasteiger charge is -2.41. The Labute approximate surface area is 125 Å². The van der Waals surface area contributed by atoms with E-state index in [9.17, 15) is 0 Å². The number of benzene rings is 1. The number of aryl methyl sites for hydroxylation is 1. The number of hydrogen-bond acceptors (Lipinski definition) is 3. The van der Waals surface area contributed by atoms with E-state index < -0.39 is 0 Å². The molecule has 4 heteroatoms. The van der Waals surface area contributed by atoms with Gasteiger partial charge >= 0.3 is 0 Å². The first-order valence-electron chi connectivity index (χ1n) is 7.79. The Balaban J connectivity index is 1.77. The molecule has 1 aromatic heterocycles. The highest BCUT2D eigenvalue weighted by Gasteiger charge is 2.43. The zero-order valence-corrected chi connectivity index (χ0v) is 12.4. The van der Waals surface area contributed by atoms with Crippen molar-refractivity contribution in [1.29, 1.82) is 0 Å². The van der Waals surface area contributed by atoms with E-state index in [-0.39, 0.29) is 5.41 Å². The van der Waals surface area contributed by atoms with Gasteiger partial charge in [-0.1, -0.05) is 18.6 Å². The summed E-state index contributed by atoms with van der Waals surface area (Å²) >= 11 is 0. The fraction of sp³-hybridized carbons (Fsp3) is 0.471. The van der Waals surface area contributed by atoms with E-state index in [1.807, 2.05) is 6.07 Å². The minimum atomic E-state index is 0.0839. The van der Waals surface area contributed by atoms with Crippen LogP contribution in [-0.2, 0) is 12.0 Å². The van der Waals surface area contributed by atoms with Crippen molar-refractivity contribution in [2.75, 3.05) is 19.0 Å². The van der Waals surface area contributed by atoms with Crippen LogP contribution in [0.2, 0.25) is 0 Å². The average Bonchev–Trinajstić information content (AvgIpc) is 2.90. The summed E-state index contributed by atoms with van der Waals surface area (Å²) < 4.78 is 7.52. The molecular weight excluding hydrogens is 262 g/mol. The summed E-state index contributed by atoms with van der Waals surface area (Å²) in [5.74, 6) is 2.10. The number of nitrogens with zero attached hydrogens (tertiary/aromatic N) is 2. The molecule has 1 saturated carbocycles. The second-order valence-corrected chi connectivity index (χ2v) is 6.09. The minimum Gasteiger partial charge on any atom is -0.497 e. The smallest absolute Gasteiger partial charge is 0.124 e. The Morgan fingerprint density at radius 1 is 1.24 bits per heavy atom. The fourth-order valence-electron chi connectivity index (χ4n) is 3.55. The third-order valence-electron chi connectivity index (χ3n) is 4.95. The predicted octanol–water partition coefficient (Wildman–Crippen LogP) is 3.18. The molecule has 0 spiro atoms. The van der Waals surface area contributed by atoms with E-state index in [1.54, 1.807) is 7.11 Å². The maximum atomic E-state index is 5.40. The third kappa shape index (κ3) is 1.93. The maximum absolute atomic E-state index is 5.40. The van der Waals surface area contributed by atoms with Gasteiger partial charge in [0.05, 0.1) is 12.8 Å². The molecule has 21 heavy (non-hydrogen) atoms. The highest BCUT2D eigenvalue weighted by atomic mass is 16.5. The molecule has 1 fully saturated rings. The molecule has 1 aliphatic carbocycles. The molecule has 0 atom stereocenters. The maximum Gasteiger partial charge on any atom is 0.124 e. The molecule has 2 heterocycles. The van der Waals surface area contributed by atoms with Crippen LogP contribution in [-0.4, -0.2) is 23.4 Å². The van der Waals surface area contributed by atoms with Crippen LogP contribution in [0.5, 0.6) is 5.75 Å². The van der Waals surface area contributed by atoms with Gasteiger partial charge in [-0.15, -0.1) is 0 Å². The molecule has 0 saturated heterocycles. The number of methoxy groups -OCH3 is 1. The third-order valence-corrected chi connectivity index (χ3v) is 4.95. The molecule has 2 aliphatic rings. The summed E-state index contributed by atoms with van der Waals surface area (Å²) in [4.78, 5) is 0. The zero-order valence-electron chi connectivity index (χ0n) is 12.4. The molecule has 4 rings (SSSR count). The lowest BCUT2D eigenvalue weighted by Crippen LogP contribution is -2.36. The number of nitrogens with one attached hydrogen (secondary N) is 1. The van der Waals surface area contributed by atoms with E-state index in [1.165, 1.54) is 36.3 Å². The summed E-state index contributed by atoms with van der Waals surface area (Å²) in [5.41, 5.74) is 2.63. The van der Waals surface area contributed by atoms with E-state index in [2.05, 4.69) is 34.3 Å². The van der Waals surface area contributed by atoms with Gasteiger partial charge in [0, 0.05) is 24.6 Å². The average molecular weight is 283 g/mol. The van der Waals surface area contributed by atoms with E-state index in [4.69, 9.17) is 9.84 Å². The number of ether oxygens (including phenoxy) is 1. The minimum absolute atomic E-state index is 0.0839. The highest BCUT2D eigenvalue weighted by Crippen LogP contribution is 2.49. The van der Waals surface area contributed by atoms with E-state index in [0.29, 0.717) is 0 Å². The molecule has 0 radical (unpaired) electrons. The topological polar surface area (TPSA) is 39.1 Å². The SMILES string of the molecule is COc1cccc(C2(c3cc4n(n3)CCCN4)CCC2)c1. The highest BCUT2D eigenvalue weighted by molar-refractivity contribution is 5.47. The largest absolute Gasteiger partial charge is 0.497 e. The van der Waals surface area contributed by atoms with Crippen molar-refractivity contribution >= 4 is 5.82 Å². The Bertz CT molecular complexity index is 634. The molecule has 4 nitrogen and oxygen atoms in total. The first-order chi connectivity index (χ1) is 10.3. The van der Waals surface area contributed by atoms with Gasteiger partial charge in [0.1, 0.15) is 11.6 Å². The number of aromatic nitrogens is 2. The second kappa shape index (κ2) is 4.79. The number of fused-ring (bicyclic) bond motifs is 1. The normalized spacial score (nSPS) is 19.3. The van der Waals surface area contributed by atoms with Gasteiger partial charge in [0.25, 0.3) is 0 Å². The van der Waals surface area contributed by atoms with Crippen LogP contribution in [0.25, 0.3) is 0 Å². The first-order valence-corrected chi connectivity index (χ1v) is 7.79. The monoisotopic (exact) mass is 283 g/mol. The summed E-state index contributed by atoms with van der Waals surface area (Å²) in [6.45, 7) is 2.08. The quantitative estimate of drug-likeness (QED) is 0.940. The van der Waals surface area contributed by atoms with Crippen molar-refractivity contribution < 1.29 is 4.74 Å². The summed E-state index contributed by atoms with van der Waals surface area (Å²) in [6, 6.07) is 10.7. The van der Waals surface area contributed by atoms with Gasteiger partial charge in [0.2, 0.25) is 0 Å². The van der Waals surface area contributed by atoms with Crippen LogP contribution in [0.4, 0.5) is 5.82 Å². The molecule has 1 aromatic carbocycles. The van der Waals surface area contributed by atoms with Crippen molar-refractivity contribution in [2.24, 2.45) is 0 Å². The first kappa shape index (κ1) is 12.7. The second-order valence-electron chi connectivity index (χ2n) is 6.09. The number of anilines is 1. The van der Waals surface area contributed by atoms with Gasteiger partial charge in [0.15, 0.2) is 0 Å². The van der Waals surface area contributed by atoms with Crippen LogP contribution in [0, 0.1) is 0 Å². The van der Waals surface area contributed by atoms with Gasteiger partial charge in [-0.2, -0.15) is 5.10 Å². The van der Waals surface area contributed by atoms with Crippen LogP contribution in [0.3, 0.4) is 0 Å². The Morgan fingerprint density at radius 3 is 2.86 bits per heavy atom. The molecule has 2 aromatic rings. The van der Waals surface area contributed by atoms with Crippen LogP contribution >= 0.6 is 0 Å². The van der Waals surface area contributed by atoms with E-state index >= 15 is 0 Å². The van der Waals surface area contributed by atoms with Crippen LogP contribution in [0.1, 0.15) is 36.9 Å². The predicted molar refractivity (Wildman–Crippen MR) is 83.0 cm³/mol. The Morgan fingerprint density at radius 2 is 2.14 bits per heavy atom. The van der Waals surface area contributed by atoms with Gasteiger partial charge in [-0.05, 0) is 37.0 Å². The molecular formula is C17H21N3O. The van der Waals surface area contributed by atoms with Gasteiger partial charge in [-0.3, -0.25) is 0 Å². The Hall–Kier alpha value is -1.97. The molecule has 1 aliphatic heterocycles. The van der Waals surface area contributed by atoms with Gasteiger partial charge in [-0.25, -0.2) is 4.68 Å². The van der Waals surface area contributed by atoms with Crippen molar-refractivity contribution in [3.05, 3.63) is 41.6 Å². The molecule has 1 N–H and O–H groups in total. The summed E-state index contributed by atoms with van der Waals surface area (Å²) in [5, 5.41) is 8.34. The lowest BCUT2D eigenvalue weighted by molar-refractivity contribution is 0.289. The molecule has 0 amide bonds. The van der Waals surface area contributed by atoms with Crippen molar-refractivity contribution in [1.82, 2.24) is 9.78 Å². The molecule has 110 valence electrons. The summed E-state index contributed by atoms with van der Waals surface area (Å²) in [6.07, 6.45) is 4.78. The number of hydrogen-bond donors (Lipinski definition) is 1. The van der Waals surface area contributed by atoms with E-state index in [0.717, 1.165) is 25.3 Å². The van der Waals surface area contributed by atoms with Gasteiger partial charge < -0.3 is 10.1 Å². The number of rotatable bonds is 3. The van der Waals surface area contributed by atoms with Crippen molar-refractivity contribution in [3.8, 4) is 5.75 Å². The lowest BCUT2D eigenvalue weighted by atomic mass is 9.62. The van der Waals surface area contributed by atoms with Crippen molar-refractivity contribution in [3.63, 3.8) is 0 Å². The summed E-state index contributed by atoms with van der Waals surface area (Å²) in [7, 11) is 1.73. The molecule has 0 bridgehead atoms.